The average Bonchev–Trinajstić information content (AvgIpc) is 3.07. The van der Waals surface area contributed by atoms with Crippen LogP contribution in [0.25, 0.3) is 16.4 Å². The van der Waals surface area contributed by atoms with Gasteiger partial charge in [-0.2, -0.15) is 9.94 Å². The van der Waals surface area contributed by atoms with Crippen molar-refractivity contribution in [3.8, 4) is 22.5 Å². The molecular formula is C12H6ClN5S. The van der Waals surface area contributed by atoms with Gasteiger partial charge in [-0.25, -0.2) is 4.98 Å². The zero-order chi connectivity index (χ0) is 13.2. The molecule has 3 aromatic rings. The van der Waals surface area contributed by atoms with Gasteiger partial charge in [-0.3, -0.25) is 0 Å². The highest BCUT2D eigenvalue weighted by atomic mass is 35.5. The van der Waals surface area contributed by atoms with Crippen LogP contribution in [0.5, 0.6) is 0 Å². The highest BCUT2D eigenvalue weighted by Gasteiger charge is 2.17. The van der Waals surface area contributed by atoms with Gasteiger partial charge >= 0.3 is 0 Å². The number of rotatable bonds is 2. The lowest BCUT2D eigenvalue weighted by atomic mass is 10.1. The summed E-state index contributed by atoms with van der Waals surface area (Å²) in [6.45, 7) is 0. The molecule has 0 atom stereocenters. The average molecular weight is 288 g/mol. The quantitative estimate of drug-likeness (QED) is 0.727. The fourth-order valence-electron chi connectivity index (χ4n) is 1.71. The normalized spacial score (nSPS) is 10.3. The molecule has 0 unspecified atom stereocenters. The molecule has 0 saturated heterocycles. The predicted molar refractivity (Wildman–Crippen MR) is 72.2 cm³/mol. The molecule has 1 aromatic carbocycles. The maximum atomic E-state index is 9.14. The smallest absolute Gasteiger partial charge is 0.212 e. The Bertz CT molecular complexity index is 757. The fourth-order valence-corrected chi connectivity index (χ4v) is 2.49. The number of halogens is 1. The van der Waals surface area contributed by atoms with Crippen LogP contribution in [-0.4, -0.2) is 20.0 Å². The zero-order valence-corrected chi connectivity index (χ0v) is 11.1. The summed E-state index contributed by atoms with van der Waals surface area (Å²) in [6.07, 6.45) is 1.68. The Morgan fingerprint density at radius 3 is 2.95 bits per heavy atom. The van der Waals surface area contributed by atoms with Crippen molar-refractivity contribution < 1.29 is 0 Å². The van der Waals surface area contributed by atoms with E-state index in [4.69, 9.17) is 16.9 Å². The minimum Gasteiger partial charge on any atom is -0.227 e. The van der Waals surface area contributed by atoms with E-state index in [1.54, 1.807) is 23.0 Å². The Kier molecular flexibility index (Phi) is 2.99. The van der Waals surface area contributed by atoms with Crippen LogP contribution in [0.3, 0.4) is 0 Å². The molecule has 0 aliphatic carbocycles. The van der Waals surface area contributed by atoms with Crippen LogP contribution in [0.4, 0.5) is 0 Å². The lowest BCUT2D eigenvalue weighted by Crippen LogP contribution is -1.98. The van der Waals surface area contributed by atoms with Crippen molar-refractivity contribution in [2.75, 3.05) is 0 Å². The molecule has 2 aromatic heterocycles. The van der Waals surface area contributed by atoms with Gasteiger partial charge in [-0.1, -0.05) is 28.9 Å². The molecule has 0 aliphatic rings. The van der Waals surface area contributed by atoms with Crippen LogP contribution in [0.15, 0.2) is 35.8 Å². The highest BCUT2D eigenvalue weighted by molar-refractivity contribution is 7.12. The zero-order valence-electron chi connectivity index (χ0n) is 9.49. The van der Waals surface area contributed by atoms with Gasteiger partial charge in [-0.05, 0) is 12.1 Å². The molecule has 5 nitrogen and oxygen atoms in total. The Balaban J connectivity index is 2.25. The summed E-state index contributed by atoms with van der Waals surface area (Å²) in [5.41, 5.74) is 1.63. The first-order valence-corrected chi connectivity index (χ1v) is 6.57. The summed E-state index contributed by atoms with van der Waals surface area (Å²) in [5.74, 6) is 0. The van der Waals surface area contributed by atoms with Gasteiger partial charge in [0.1, 0.15) is 11.8 Å². The largest absolute Gasteiger partial charge is 0.227 e. The molecule has 19 heavy (non-hydrogen) atoms. The number of nitrogens with zero attached hydrogens (tertiary/aromatic N) is 5. The molecule has 3 rings (SSSR count). The van der Waals surface area contributed by atoms with Gasteiger partial charge in [0, 0.05) is 22.2 Å². The van der Waals surface area contributed by atoms with E-state index in [2.05, 4.69) is 15.3 Å². The Morgan fingerprint density at radius 1 is 1.37 bits per heavy atom. The number of benzene rings is 1. The molecule has 0 radical (unpaired) electrons. The van der Waals surface area contributed by atoms with Crippen LogP contribution < -0.4 is 0 Å². The molecule has 0 spiro atoms. The Labute approximate surface area is 117 Å². The molecule has 0 amide bonds. The maximum absolute atomic E-state index is 9.14. The molecular weight excluding hydrogens is 282 g/mol. The van der Waals surface area contributed by atoms with Crippen LogP contribution >= 0.6 is 22.9 Å². The second-order valence-electron chi connectivity index (χ2n) is 3.64. The summed E-state index contributed by atoms with van der Waals surface area (Å²) < 4.78 is 1.55. The Morgan fingerprint density at radius 2 is 2.26 bits per heavy atom. The molecule has 92 valence electrons. The van der Waals surface area contributed by atoms with Gasteiger partial charge in [-0.15, -0.1) is 16.4 Å². The van der Waals surface area contributed by atoms with Gasteiger partial charge in [0.25, 0.3) is 0 Å². The minimum atomic E-state index is 0.248. The first-order valence-electron chi connectivity index (χ1n) is 5.31. The summed E-state index contributed by atoms with van der Waals surface area (Å²) in [6, 6.07) is 9.25. The monoisotopic (exact) mass is 287 g/mol. The predicted octanol–water partition coefficient (Wildman–Crippen LogP) is 2.92. The second kappa shape index (κ2) is 4.80. The van der Waals surface area contributed by atoms with Crippen LogP contribution in [0.2, 0.25) is 5.02 Å². The van der Waals surface area contributed by atoms with Gasteiger partial charge in [0.2, 0.25) is 5.13 Å². The molecule has 2 heterocycles. The minimum absolute atomic E-state index is 0.248. The third-order valence-electron chi connectivity index (χ3n) is 2.47. The van der Waals surface area contributed by atoms with Crippen LogP contribution in [-0.2, 0) is 0 Å². The molecule has 0 N–H and O–H groups in total. The summed E-state index contributed by atoms with van der Waals surface area (Å²) in [4.78, 5) is 4.18. The topological polar surface area (TPSA) is 67.4 Å². The molecule has 0 aliphatic heterocycles. The van der Waals surface area contributed by atoms with E-state index in [9.17, 15) is 0 Å². The van der Waals surface area contributed by atoms with Crippen molar-refractivity contribution in [1.82, 2.24) is 20.0 Å². The number of nitriles is 1. The molecule has 0 fully saturated rings. The van der Waals surface area contributed by atoms with E-state index in [0.29, 0.717) is 15.8 Å². The van der Waals surface area contributed by atoms with E-state index in [0.717, 1.165) is 5.56 Å². The maximum Gasteiger partial charge on any atom is 0.212 e. The number of hydrogen-bond donors (Lipinski definition) is 0. The van der Waals surface area contributed by atoms with E-state index in [1.165, 1.54) is 11.3 Å². The van der Waals surface area contributed by atoms with E-state index in [1.807, 2.05) is 23.6 Å². The summed E-state index contributed by atoms with van der Waals surface area (Å²) >= 11 is 7.41. The van der Waals surface area contributed by atoms with Crippen LogP contribution in [0.1, 0.15) is 5.69 Å². The molecule has 7 heteroatoms. The third-order valence-corrected chi connectivity index (χ3v) is 3.46. The van der Waals surface area contributed by atoms with E-state index >= 15 is 0 Å². The van der Waals surface area contributed by atoms with Crippen molar-refractivity contribution in [3.05, 3.63) is 46.6 Å². The molecule has 0 saturated carbocycles. The first kappa shape index (κ1) is 11.8. The van der Waals surface area contributed by atoms with Crippen molar-refractivity contribution in [2.45, 2.75) is 0 Å². The van der Waals surface area contributed by atoms with Crippen molar-refractivity contribution in [3.63, 3.8) is 0 Å². The number of aromatic nitrogens is 4. The molecule has 0 bridgehead atoms. The fraction of sp³-hybridized carbons (Fsp3) is 0. The van der Waals surface area contributed by atoms with E-state index in [-0.39, 0.29) is 5.69 Å². The number of thiazole rings is 1. The van der Waals surface area contributed by atoms with E-state index < -0.39 is 0 Å². The summed E-state index contributed by atoms with van der Waals surface area (Å²) in [7, 11) is 0. The first-order chi connectivity index (χ1) is 9.29. The lowest BCUT2D eigenvalue weighted by molar-refractivity contribution is 0.800. The standard InChI is InChI=1S/C12H6ClN5S/c13-9-3-1-2-8(6-9)11-10(7-14)16-17-18(11)12-15-4-5-19-12/h1-6H. The second-order valence-corrected chi connectivity index (χ2v) is 4.94. The number of hydrogen-bond acceptors (Lipinski definition) is 5. The third kappa shape index (κ3) is 2.10. The van der Waals surface area contributed by atoms with Gasteiger partial charge in [0.15, 0.2) is 5.69 Å². The SMILES string of the molecule is N#Cc1nnn(-c2nccs2)c1-c1cccc(Cl)c1. The van der Waals surface area contributed by atoms with Gasteiger partial charge in [0.05, 0.1) is 0 Å². The van der Waals surface area contributed by atoms with Gasteiger partial charge < -0.3 is 0 Å². The Hall–Kier alpha value is -2.23. The summed E-state index contributed by atoms with van der Waals surface area (Å²) in [5, 5.41) is 20.1. The van der Waals surface area contributed by atoms with Crippen molar-refractivity contribution >= 4 is 22.9 Å². The lowest BCUT2D eigenvalue weighted by Gasteiger charge is -2.03. The highest BCUT2D eigenvalue weighted by Crippen LogP contribution is 2.27. The van der Waals surface area contributed by atoms with Crippen molar-refractivity contribution in [1.29, 1.82) is 5.26 Å². The van der Waals surface area contributed by atoms with Crippen LogP contribution in [0, 0.1) is 11.3 Å². The van der Waals surface area contributed by atoms with Crippen molar-refractivity contribution in [2.24, 2.45) is 0 Å².